The van der Waals surface area contributed by atoms with Crippen molar-refractivity contribution in [2.75, 3.05) is 0 Å². The van der Waals surface area contributed by atoms with Gasteiger partial charge in [-0.05, 0) is 29.1 Å². The molecule has 158 valence electrons. The fourth-order valence-electron chi connectivity index (χ4n) is 4.40. The summed E-state index contributed by atoms with van der Waals surface area (Å²) in [5.74, 6) is -0.392. The van der Waals surface area contributed by atoms with Gasteiger partial charge in [-0.1, -0.05) is 91.0 Å². The molecule has 0 aliphatic heterocycles. The molecule has 0 radical (unpaired) electrons. The Morgan fingerprint density at radius 3 is 1.93 bits per heavy atom. The number of rotatable bonds is 11. The van der Waals surface area contributed by atoms with E-state index in [0.29, 0.717) is 23.0 Å². The average Bonchev–Trinajstić information content (AvgIpc) is 2.63. The summed E-state index contributed by atoms with van der Waals surface area (Å²) < 4.78 is 6.67. The van der Waals surface area contributed by atoms with Crippen LogP contribution in [0.2, 0.25) is 16.6 Å². The third kappa shape index (κ3) is 6.40. The van der Waals surface area contributed by atoms with E-state index in [0.717, 1.165) is 5.56 Å². The molecule has 0 spiro atoms. The second-order valence-electron chi connectivity index (χ2n) is 8.97. The number of Topliss-reactive ketones (excluding diaryl/α,β-unsaturated/α-hetero) is 1. The van der Waals surface area contributed by atoms with Crippen LogP contribution < -0.4 is 0 Å². The molecule has 28 heavy (non-hydrogen) atoms. The highest BCUT2D eigenvalue weighted by Gasteiger charge is 2.46. The van der Waals surface area contributed by atoms with Crippen molar-refractivity contribution in [3.63, 3.8) is 0 Å². The van der Waals surface area contributed by atoms with Crippen molar-refractivity contribution in [2.24, 2.45) is 5.92 Å². The minimum absolute atomic E-state index is 0.0527. The van der Waals surface area contributed by atoms with Gasteiger partial charge >= 0.3 is 0 Å². The van der Waals surface area contributed by atoms with E-state index in [9.17, 15) is 9.90 Å². The van der Waals surface area contributed by atoms with Crippen molar-refractivity contribution >= 4 is 20.2 Å². The standard InChI is InChI=1S/C24H40O3Si/c1-17(2)28(18(3)4,19(5)6)27-20(7)16-24(26)21(8)23(25)15-14-22-12-10-9-11-13-22/h9-15,17-21,23,25H,16H2,1-8H3/b15-14+/t20-,21+,23+/m1/s1. The maximum absolute atomic E-state index is 12.7. The summed E-state index contributed by atoms with van der Waals surface area (Å²) in [7, 11) is -2.01. The van der Waals surface area contributed by atoms with Crippen LogP contribution in [0.25, 0.3) is 6.08 Å². The molecular formula is C24H40O3Si. The Hall–Kier alpha value is -1.23. The number of aliphatic hydroxyl groups excluding tert-OH is 1. The second-order valence-corrected chi connectivity index (χ2v) is 14.4. The van der Waals surface area contributed by atoms with E-state index in [1.807, 2.05) is 43.3 Å². The van der Waals surface area contributed by atoms with Crippen LogP contribution in [0.1, 0.15) is 67.4 Å². The zero-order valence-electron chi connectivity index (χ0n) is 19.0. The zero-order chi connectivity index (χ0) is 21.5. The van der Waals surface area contributed by atoms with Crippen LogP contribution >= 0.6 is 0 Å². The van der Waals surface area contributed by atoms with Crippen molar-refractivity contribution < 1.29 is 14.3 Å². The maximum Gasteiger partial charge on any atom is 0.200 e. The molecule has 1 N–H and O–H groups in total. The molecular weight excluding hydrogens is 364 g/mol. The zero-order valence-corrected chi connectivity index (χ0v) is 20.0. The normalized spacial score (nSPS) is 16.1. The van der Waals surface area contributed by atoms with Crippen molar-refractivity contribution in [3.8, 4) is 0 Å². The number of benzene rings is 1. The van der Waals surface area contributed by atoms with Gasteiger partial charge in [0.1, 0.15) is 5.78 Å². The SMILES string of the molecule is CC(C)[Si](O[C@H](C)CC(=O)[C@@H](C)[C@@H](O)/C=C/c1ccccc1)(C(C)C)C(C)C. The third-order valence-electron chi connectivity index (χ3n) is 5.91. The van der Waals surface area contributed by atoms with Crippen molar-refractivity contribution in [1.29, 1.82) is 0 Å². The van der Waals surface area contributed by atoms with Crippen LogP contribution in [0.4, 0.5) is 0 Å². The highest BCUT2D eigenvalue weighted by molar-refractivity contribution is 6.77. The van der Waals surface area contributed by atoms with Crippen LogP contribution in [0, 0.1) is 5.92 Å². The molecule has 1 aromatic carbocycles. The lowest BCUT2D eigenvalue weighted by Crippen LogP contribution is -2.50. The lowest BCUT2D eigenvalue weighted by molar-refractivity contribution is -0.126. The molecule has 0 fully saturated rings. The highest BCUT2D eigenvalue weighted by Crippen LogP contribution is 2.43. The molecule has 0 aromatic heterocycles. The smallest absolute Gasteiger partial charge is 0.200 e. The lowest BCUT2D eigenvalue weighted by Gasteiger charge is -2.44. The topological polar surface area (TPSA) is 46.5 Å². The molecule has 0 heterocycles. The fourth-order valence-corrected chi connectivity index (χ4v) is 10.00. The van der Waals surface area contributed by atoms with E-state index in [-0.39, 0.29) is 11.9 Å². The molecule has 4 heteroatoms. The van der Waals surface area contributed by atoms with Crippen molar-refractivity contribution in [3.05, 3.63) is 42.0 Å². The van der Waals surface area contributed by atoms with E-state index in [4.69, 9.17) is 4.43 Å². The molecule has 0 saturated heterocycles. The summed E-state index contributed by atoms with van der Waals surface area (Å²) in [5.41, 5.74) is 2.48. The van der Waals surface area contributed by atoms with Gasteiger partial charge in [0.15, 0.2) is 0 Å². The Labute approximate surface area is 173 Å². The predicted octanol–water partition coefficient (Wildman–Crippen LogP) is 6.24. The Kier molecular flexibility index (Phi) is 9.82. The molecule has 0 amide bonds. The van der Waals surface area contributed by atoms with Crippen LogP contribution in [-0.4, -0.2) is 31.4 Å². The number of hydrogen-bond acceptors (Lipinski definition) is 3. The monoisotopic (exact) mass is 404 g/mol. The summed E-state index contributed by atoms with van der Waals surface area (Å²) in [6.07, 6.45) is 3.00. The van der Waals surface area contributed by atoms with E-state index >= 15 is 0 Å². The molecule has 0 saturated carbocycles. The average molecular weight is 405 g/mol. The van der Waals surface area contributed by atoms with Gasteiger partial charge < -0.3 is 9.53 Å². The first kappa shape index (κ1) is 24.8. The second kappa shape index (κ2) is 11.1. The molecule has 1 rings (SSSR count). The number of aliphatic hydroxyl groups is 1. The highest BCUT2D eigenvalue weighted by atomic mass is 28.4. The predicted molar refractivity (Wildman–Crippen MR) is 122 cm³/mol. The van der Waals surface area contributed by atoms with Crippen molar-refractivity contribution in [2.45, 2.75) is 90.6 Å². The Morgan fingerprint density at radius 1 is 0.964 bits per heavy atom. The van der Waals surface area contributed by atoms with E-state index in [2.05, 4.69) is 41.5 Å². The molecule has 3 atom stereocenters. The molecule has 3 nitrogen and oxygen atoms in total. The molecule has 0 aliphatic carbocycles. The van der Waals surface area contributed by atoms with Crippen LogP contribution in [0.15, 0.2) is 36.4 Å². The van der Waals surface area contributed by atoms with Gasteiger partial charge in [0.25, 0.3) is 0 Å². The maximum atomic E-state index is 12.7. The Balaban J connectivity index is 2.75. The number of carbonyl (C=O) groups excluding carboxylic acids is 1. The Bertz CT molecular complexity index is 600. The molecule has 0 aliphatic rings. The van der Waals surface area contributed by atoms with Gasteiger partial charge in [0.05, 0.1) is 6.10 Å². The number of ketones is 1. The van der Waals surface area contributed by atoms with Crippen LogP contribution in [0.5, 0.6) is 0 Å². The quantitative estimate of drug-likeness (QED) is 0.444. The molecule has 0 unspecified atom stereocenters. The summed E-state index contributed by atoms with van der Waals surface area (Å²) in [4.78, 5) is 12.7. The first-order valence-corrected chi connectivity index (χ1v) is 12.8. The van der Waals surface area contributed by atoms with Gasteiger partial charge in [-0.2, -0.15) is 0 Å². The molecule has 0 bridgehead atoms. The van der Waals surface area contributed by atoms with Crippen LogP contribution in [-0.2, 0) is 9.22 Å². The van der Waals surface area contributed by atoms with Gasteiger partial charge in [0.2, 0.25) is 8.32 Å². The number of hydrogen-bond donors (Lipinski definition) is 1. The van der Waals surface area contributed by atoms with E-state index in [1.54, 1.807) is 13.0 Å². The van der Waals surface area contributed by atoms with Gasteiger partial charge in [-0.3, -0.25) is 4.79 Å². The molecule has 1 aromatic rings. The summed E-state index contributed by atoms with van der Waals surface area (Å²) in [5, 5.41) is 10.4. The van der Waals surface area contributed by atoms with Crippen LogP contribution in [0.3, 0.4) is 0 Å². The van der Waals surface area contributed by atoms with E-state index < -0.39 is 20.3 Å². The summed E-state index contributed by atoms with van der Waals surface area (Å²) >= 11 is 0. The third-order valence-corrected chi connectivity index (χ3v) is 12.1. The van der Waals surface area contributed by atoms with Gasteiger partial charge in [0, 0.05) is 18.4 Å². The van der Waals surface area contributed by atoms with Gasteiger partial charge in [-0.25, -0.2) is 0 Å². The van der Waals surface area contributed by atoms with Gasteiger partial charge in [-0.15, -0.1) is 0 Å². The number of carbonyl (C=O) groups is 1. The Morgan fingerprint density at radius 2 is 1.46 bits per heavy atom. The van der Waals surface area contributed by atoms with E-state index in [1.165, 1.54) is 0 Å². The summed E-state index contributed by atoms with van der Waals surface area (Å²) in [6, 6.07) is 9.80. The fraction of sp³-hybridized carbons (Fsp3) is 0.625. The lowest BCUT2D eigenvalue weighted by atomic mass is 9.95. The first-order valence-electron chi connectivity index (χ1n) is 10.6. The largest absolute Gasteiger partial charge is 0.413 e. The summed E-state index contributed by atoms with van der Waals surface area (Å²) in [6.45, 7) is 17.3. The van der Waals surface area contributed by atoms with Crippen molar-refractivity contribution in [1.82, 2.24) is 0 Å². The first-order chi connectivity index (χ1) is 13.0. The minimum Gasteiger partial charge on any atom is -0.413 e. The minimum atomic E-state index is -2.01.